The van der Waals surface area contributed by atoms with Gasteiger partial charge in [-0.2, -0.15) is 8.96 Å². The van der Waals surface area contributed by atoms with Gasteiger partial charge in [0.1, 0.15) is 6.10 Å². The number of aromatic nitrogens is 2. The van der Waals surface area contributed by atoms with Gasteiger partial charge >= 0.3 is 11.7 Å². The minimum Gasteiger partial charge on any atom is -0.465 e. The predicted octanol–water partition coefficient (Wildman–Crippen LogP) is 1.77. The zero-order valence-corrected chi connectivity index (χ0v) is 17.7. The lowest BCUT2D eigenvalue weighted by atomic mass is 10.1. The van der Waals surface area contributed by atoms with Crippen LogP contribution in [0.25, 0.3) is 0 Å². The number of rotatable bonds is 0. The van der Waals surface area contributed by atoms with Crippen molar-refractivity contribution >= 4 is 11.9 Å². The van der Waals surface area contributed by atoms with Gasteiger partial charge in [-0.15, -0.1) is 0 Å². The molecule has 4 bridgehead atoms. The van der Waals surface area contributed by atoms with Crippen molar-refractivity contribution in [2.75, 3.05) is 6.61 Å². The molecule has 2 aliphatic heterocycles. The summed E-state index contributed by atoms with van der Waals surface area (Å²) in [5.41, 5.74) is -2.13. The van der Waals surface area contributed by atoms with E-state index in [1.54, 1.807) is 13.8 Å². The molecule has 1 saturated carbocycles. The van der Waals surface area contributed by atoms with Gasteiger partial charge in [0.25, 0.3) is 5.56 Å². The molecule has 1 saturated heterocycles. The lowest BCUT2D eigenvalue weighted by molar-refractivity contribution is -0.165. The van der Waals surface area contributed by atoms with Crippen LogP contribution in [0.3, 0.4) is 0 Å². The summed E-state index contributed by atoms with van der Waals surface area (Å²) in [4.78, 5) is 50.1. The van der Waals surface area contributed by atoms with Crippen LogP contribution < -0.4 is 11.2 Å². The van der Waals surface area contributed by atoms with Crippen LogP contribution in [0.15, 0.2) is 15.8 Å². The maximum atomic E-state index is 14.5. The number of carbonyl (C=O) groups is 2. The molecule has 4 atom stereocenters. The third kappa shape index (κ3) is 4.23. The van der Waals surface area contributed by atoms with Gasteiger partial charge in [-0.25, -0.2) is 4.79 Å². The topological polar surface area (TPSA) is 106 Å². The predicted molar refractivity (Wildman–Crippen MR) is 105 cm³/mol. The molecule has 0 unspecified atom stereocenters. The third-order valence-electron chi connectivity index (χ3n) is 6.21. The van der Waals surface area contributed by atoms with E-state index in [2.05, 4.69) is 0 Å². The van der Waals surface area contributed by atoms with E-state index in [9.17, 15) is 23.6 Å². The molecule has 2 fully saturated rings. The lowest BCUT2D eigenvalue weighted by Crippen LogP contribution is -2.47. The molecule has 0 spiro atoms. The van der Waals surface area contributed by atoms with Gasteiger partial charge in [-0.05, 0) is 33.1 Å². The Balaban J connectivity index is 1.77. The highest BCUT2D eigenvalue weighted by Crippen LogP contribution is 2.46. The van der Waals surface area contributed by atoms with E-state index in [0.29, 0.717) is 36.7 Å². The molecule has 0 radical (unpaired) electrons. The van der Waals surface area contributed by atoms with E-state index in [1.807, 2.05) is 0 Å². The van der Waals surface area contributed by atoms with E-state index in [0.717, 1.165) is 10.8 Å². The average molecular weight is 438 g/mol. The molecule has 1 aromatic heterocycles. The maximum absolute atomic E-state index is 14.5. The summed E-state index contributed by atoms with van der Waals surface area (Å²) in [6.07, 6.45) is 2.66. The van der Waals surface area contributed by atoms with Crippen molar-refractivity contribution in [3.8, 4) is 0 Å². The number of fused-ring (bicyclic) bond motifs is 8. The molecule has 1 aromatic rings. The molecular weight excluding hydrogens is 411 g/mol. The van der Waals surface area contributed by atoms with Gasteiger partial charge in [0.15, 0.2) is 5.79 Å². The summed E-state index contributed by atoms with van der Waals surface area (Å²) in [7, 11) is 0. The number of ether oxygens (including phenoxy) is 3. The number of halogens is 1. The second-order valence-electron chi connectivity index (χ2n) is 8.93. The van der Waals surface area contributed by atoms with Crippen LogP contribution in [-0.4, -0.2) is 45.6 Å². The summed E-state index contributed by atoms with van der Waals surface area (Å²) in [5.74, 6) is -3.44. The van der Waals surface area contributed by atoms with Gasteiger partial charge in [0, 0.05) is 18.8 Å². The van der Waals surface area contributed by atoms with E-state index in [4.69, 9.17) is 14.2 Å². The van der Waals surface area contributed by atoms with Crippen molar-refractivity contribution in [2.24, 2.45) is 5.92 Å². The fourth-order valence-electron chi connectivity index (χ4n) is 4.77. The van der Waals surface area contributed by atoms with E-state index in [-0.39, 0.29) is 31.3 Å². The molecule has 4 rings (SSSR count). The molecule has 3 aliphatic rings. The summed E-state index contributed by atoms with van der Waals surface area (Å²) in [6, 6.07) is -0.676. The van der Waals surface area contributed by atoms with Crippen LogP contribution in [0.1, 0.15) is 69.6 Å². The van der Waals surface area contributed by atoms with Crippen LogP contribution in [0.5, 0.6) is 0 Å². The third-order valence-corrected chi connectivity index (χ3v) is 6.21. The van der Waals surface area contributed by atoms with Crippen molar-refractivity contribution in [1.29, 1.82) is 0 Å². The normalized spacial score (nSPS) is 31.3. The summed E-state index contributed by atoms with van der Waals surface area (Å²) < 4.78 is 33.4. The van der Waals surface area contributed by atoms with E-state index >= 15 is 0 Å². The van der Waals surface area contributed by atoms with Crippen molar-refractivity contribution in [1.82, 2.24) is 9.13 Å². The molecule has 1 aliphatic carbocycles. The van der Waals surface area contributed by atoms with E-state index in [1.165, 1.54) is 0 Å². The van der Waals surface area contributed by atoms with Crippen LogP contribution in [0, 0.1) is 11.7 Å². The van der Waals surface area contributed by atoms with Crippen molar-refractivity contribution in [3.63, 3.8) is 0 Å². The molecule has 0 amide bonds. The minimum absolute atomic E-state index is 0.0605. The Hall–Kier alpha value is -2.33. The quantitative estimate of drug-likeness (QED) is 0.569. The number of carbonyl (C=O) groups excluding carboxylic acids is 2. The maximum Gasteiger partial charge on any atom is 0.338 e. The van der Waals surface area contributed by atoms with Gasteiger partial charge < -0.3 is 14.2 Å². The molecule has 0 N–H and O–H groups in total. The number of cyclic esters (lactones) is 1. The number of hydrogen-bond donors (Lipinski definition) is 0. The molecular formula is C21H27FN2O7. The standard InChI is InChI=1S/C21H27FN2O7/c1-21(2)30-17-12-9-14(18(17)31-21)23-10-13(22)19(27)24(20(23)28)15(25)7-5-3-4-6-8-16(26)29-11-12/h10,12,14,17-18H,3-9,11H2,1-2H3/t12-,14-,17-,18+/m1/s1. The lowest BCUT2D eigenvalue weighted by Gasteiger charge is -2.24. The Morgan fingerprint density at radius 2 is 1.68 bits per heavy atom. The Kier molecular flexibility index (Phi) is 5.87. The Morgan fingerprint density at radius 3 is 2.42 bits per heavy atom. The van der Waals surface area contributed by atoms with Crippen LogP contribution in [0.2, 0.25) is 0 Å². The largest absolute Gasteiger partial charge is 0.465 e. The van der Waals surface area contributed by atoms with E-state index < -0.39 is 47.0 Å². The van der Waals surface area contributed by atoms with Gasteiger partial charge in [0.05, 0.1) is 24.9 Å². The average Bonchev–Trinajstić information content (AvgIpc) is 3.18. The first kappa shape index (κ1) is 21.9. The zero-order chi connectivity index (χ0) is 22.3. The van der Waals surface area contributed by atoms with Crippen molar-refractivity contribution in [3.05, 3.63) is 32.9 Å². The SMILES string of the molecule is CC1(C)O[C@@H]2[C@H]3COC(=O)CCCCCCC(=O)n4c(=O)c(F)cn(c4=O)[C@H](C3)[C@@H]2O1. The Bertz CT molecular complexity index is 998. The molecule has 9 nitrogen and oxygen atoms in total. The smallest absolute Gasteiger partial charge is 0.338 e. The molecule has 3 heterocycles. The fraction of sp³-hybridized carbons (Fsp3) is 0.714. The van der Waals surface area contributed by atoms with Crippen molar-refractivity contribution < 1.29 is 28.2 Å². The van der Waals surface area contributed by atoms with Crippen LogP contribution in [-0.2, 0) is 19.0 Å². The number of esters is 1. The highest BCUT2D eigenvalue weighted by atomic mass is 19.1. The molecule has 170 valence electrons. The van der Waals surface area contributed by atoms with Crippen LogP contribution in [0.4, 0.5) is 4.39 Å². The monoisotopic (exact) mass is 438 g/mol. The summed E-state index contributed by atoms with van der Waals surface area (Å²) in [5, 5.41) is 0. The molecule has 0 aromatic carbocycles. The number of hydrogen-bond acceptors (Lipinski definition) is 7. The van der Waals surface area contributed by atoms with Gasteiger partial charge in [-0.1, -0.05) is 12.8 Å². The summed E-state index contributed by atoms with van der Waals surface area (Å²) in [6.45, 7) is 3.54. The minimum atomic E-state index is -1.24. The highest BCUT2D eigenvalue weighted by molar-refractivity contribution is 5.78. The second-order valence-corrected chi connectivity index (χ2v) is 8.93. The summed E-state index contributed by atoms with van der Waals surface area (Å²) >= 11 is 0. The molecule has 10 heteroatoms. The highest BCUT2D eigenvalue weighted by Gasteiger charge is 2.55. The second kappa shape index (κ2) is 8.31. The molecule has 31 heavy (non-hydrogen) atoms. The Morgan fingerprint density at radius 1 is 1.00 bits per heavy atom. The van der Waals surface area contributed by atoms with Crippen LogP contribution >= 0.6 is 0 Å². The van der Waals surface area contributed by atoms with Crippen molar-refractivity contribution in [2.45, 2.75) is 82.8 Å². The fourth-order valence-corrected chi connectivity index (χ4v) is 4.77. The van der Waals surface area contributed by atoms with Gasteiger partial charge in [-0.3, -0.25) is 19.0 Å². The zero-order valence-electron chi connectivity index (χ0n) is 17.7. The number of nitrogens with zero attached hydrogens (tertiary/aromatic N) is 2. The first-order valence-corrected chi connectivity index (χ1v) is 10.8. The van der Waals surface area contributed by atoms with Gasteiger partial charge in [0.2, 0.25) is 11.7 Å². The first-order chi connectivity index (χ1) is 14.7. The first-order valence-electron chi connectivity index (χ1n) is 10.8. The Labute approximate surface area is 178 Å².